The molecule has 4 nitrogen and oxygen atoms in total. The predicted octanol–water partition coefficient (Wildman–Crippen LogP) is 2.83. The average molecular weight is 253 g/mol. The molecular weight excluding hydrogens is 234 g/mol. The molecular formula is C12H19N3OS. The van der Waals surface area contributed by atoms with Crippen LogP contribution in [0.15, 0.2) is 22.1 Å². The SMILES string of the molecule is CC(C)NC(C)(C#N)CCCSc1ncco1. The van der Waals surface area contributed by atoms with Crippen LogP contribution < -0.4 is 5.32 Å². The van der Waals surface area contributed by atoms with E-state index in [0.717, 1.165) is 18.6 Å². The molecule has 0 saturated carbocycles. The summed E-state index contributed by atoms with van der Waals surface area (Å²) in [6, 6.07) is 2.66. The fourth-order valence-corrected chi connectivity index (χ4v) is 2.39. The van der Waals surface area contributed by atoms with Gasteiger partial charge in [0.25, 0.3) is 5.22 Å². The van der Waals surface area contributed by atoms with Crippen LogP contribution in [0.4, 0.5) is 0 Å². The Morgan fingerprint density at radius 1 is 1.65 bits per heavy atom. The number of thioether (sulfide) groups is 1. The number of oxazole rings is 1. The fraction of sp³-hybridized carbons (Fsp3) is 0.667. The molecule has 1 heterocycles. The zero-order chi connectivity index (χ0) is 12.7. The van der Waals surface area contributed by atoms with Crippen LogP contribution in [0.25, 0.3) is 0 Å². The molecule has 0 bridgehead atoms. The molecule has 94 valence electrons. The first kappa shape index (κ1) is 14.1. The van der Waals surface area contributed by atoms with Crippen molar-refractivity contribution < 1.29 is 4.42 Å². The molecule has 0 aliphatic rings. The predicted molar refractivity (Wildman–Crippen MR) is 68.8 cm³/mol. The lowest BCUT2D eigenvalue weighted by Gasteiger charge is -2.25. The molecule has 0 aliphatic carbocycles. The summed E-state index contributed by atoms with van der Waals surface area (Å²) in [7, 11) is 0. The van der Waals surface area contributed by atoms with Gasteiger partial charge in [-0.25, -0.2) is 4.98 Å². The van der Waals surface area contributed by atoms with Gasteiger partial charge in [0.05, 0.1) is 12.3 Å². The summed E-state index contributed by atoms with van der Waals surface area (Å²) in [5.74, 6) is 0.914. The highest BCUT2D eigenvalue weighted by atomic mass is 32.2. The number of rotatable bonds is 7. The largest absolute Gasteiger partial charge is 0.440 e. The lowest BCUT2D eigenvalue weighted by atomic mass is 9.97. The second-order valence-electron chi connectivity index (χ2n) is 4.49. The second-order valence-corrected chi connectivity index (χ2v) is 5.54. The summed E-state index contributed by atoms with van der Waals surface area (Å²) < 4.78 is 5.13. The smallest absolute Gasteiger partial charge is 0.255 e. The monoisotopic (exact) mass is 253 g/mol. The highest BCUT2D eigenvalue weighted by Crippen LogP contribution is 2.19. The highest BCUT2D eigenvalue weighted by molar-refractivity contribution is 7.99. The summed E-state index contributed by atoms with van der Waals surface area (Å²) in [6.07, 6.45) is 5.00. The molecule has 17 heavy (non-hydrogen) atoms. The first-order valence-corrected chi connectivity index (χ1v) is 6.75. The van der Waals surface area contributed by atoms with Gasteiger partial charge < -0.3 is 4.42 Å². The Morgan fingerprint density at radius 2 is 2.41 bits per heavy atom. The van der Waals surface area contributed by atoms with Gasteiger partial charge in [0, 0.05) is 11.8 Å². The van der Waals surface area contributed by atoms with Gasteiger partial charge in [-0.1, -0.05) is 11.8 Å². The van der Waals surface area contributed by atoms with Gasteiger partial charge in [0.1, 0.15) is 11.8 Å². The van der Waals surface area contributed by atoms with Gasteiger partial charge in [0.15, 0.2) is 0 Å². The quantitative estimate of drug-likeness (QED) is 0.598. The summed E-state index contributed by atoms with van der Waals surface area (Å²) in [5, 5.41) is 13.2. The van der Waals surface area contributed by atoms with Gasteiger partial charge in [-0.05, 0) is 33.6 Å². The van der Waals surface area contributed by atoms with Crippen LogP contribution in [0.2, 0.25) is 0 Å². The van der Waals surface area contributed by atoms with Crippen molar-refractivity contribution >= 4 is 11.8 Å². The number of aromatic nitrogens is 1. The third-order valence-corrected chi connectivity index (χ3v) is 3.25. The van der Waals surface area contributed by atoms with E-state index in [0.29, 0.717) is 11.3 Å². The summed E-state index contributed by atoms with van der Waals surface area (Å²) in [4.78, 5) is 4.03. The van der Waals surface area contributed by atoms with E-state index in [1.807, 2.05) is 6.92 Å². The molecule has 0 fully saturated rings. The van der Waals surface area contributed by atoms with Crippen molar-refractivity contribution in [2.45, 2.75) is 50.4 Å². The molecule has 0 spiro atoms. The van der Waals surface area contributed by atoms with E-state index in [9.17, 15) is 0 Å². The number of hydrogen-bond donors (Lipinski definition) is 1. The van der Waals surface area contributed by atoms with Crippen molar-refractivity contribution in [2.75, 3.05) is 5.75 Å². The van der Waals surface area contributed by atoms with Crippen molar-refractivity contribution in [3.8, 4) is 6.07 Å². The lowest BCUT2D eigenvalue weighted by Crippen LogP contribution is -2.44. The number of hydrogen-bond acceptors (Lipinski definition) is 5. The minimum Gasteiger partial charge on any atom is -0.440 e. The molecule has 0 aromatic carbocycles. The molecule has 0 amide bonds. The van der Waals surface area contributed by atoms with Crippen LogP contribution in [-0.4, -0.2) is 22.3 Å². The molecule has 1 atom stereocenters. The maximum absolute atomic E-state index is 9.17. The van der Waals surface area contributed by atoms with Crippen molar-refractivity contribution in [1.29, 1.82) is 5.26 Å². The van der Waals surface area contributed by atoms with E-state index >= 15 is 0 Å². The summed E-state index contributed by atoms with van der Waals surface area (Å²) >= 11 is 1.58. The van der Waals surface area contributed by atoms with Gasteiger partial charge in [-0.2, -0.15) is 5.26 Å². The van der Waals surface area contributed by atoms with Gasteiger partial charge >= 0.3 is 0 Å². The Bertz CT molecular complexity index is 358. The first-order chi connectivity index (χ1) is 8.06. The molecule has 5 heteroatoms. The van der Waals surface area contributed by atoms with E-state index < -0.39 is 5.54 Å². The Morgan fingerprint density at radius 3 is 2.94 bits per heavy atom. The minimum atomic E-state index is -0.439. The van der Waals surface area contributed by atoms with E-state index in [2.05, 4.69) is 30.2 Å². The molecule has 0 radical (unpaired) electrons. The van der Waals surface area contributed by atoms with Crippen molar-refractivity contribution in [3.05, 3.63) is 12.5 Å². The van der Waals surface area contributed by atoms with Gasteiger partial charge in [-0.15, -0.1) is 0 Å². The van der Waals surface area contributed by atoms with Crippen LogP contribution in [-0.2, 0) is 0 Å². The number of nitrogens with zero attached hydrogens (tertiary/aromatic N) is 2. The number of nitriles is 1. The van der Waals surface area contributed by atoms with Gasteiger partial charge in [-0.3, -0.25) is 5.32 Å². The molecule has 1 aromatic heterocycles. The second kappa shape index (κ2) is 6.67. The normalized spacial score (nSPS) is 14.5. The molecule has 1 rings (SSSR count). The van der Waals surface area contributed by atoms with Crippen LogP contribution in [0.1, 0.15) is 33.6 Å². The third-order valence-electron chi connectivity index (χ3n) is 2.31. The van der Waals surface area contributed by atoms with E-state index in [1.165, 1.54) is 0 Å². The standard InChI is InChI=1S/C12H19N3OS/c1-10(2)15-12(3,9-13)5-4-8-17-11-14-6-7-16-11/h6-7,10,15H,4-5,8H2,1-3H3. The third kappa shape index (κ3) is 5.24. The summed E-state index contributed by atoms with van der Waals surface area (Å²) in [6.45, 7) is 6.05. The van der Waals surface area contributed by atoms with E-state index in [-0.39, 0.29) is 0 Å². The topological polar surface area (TPSA) is 61.9 Å². The van der Waals surface area contributed by atoms with Crippen molar-refractivity contribution in [3.63, 3.8) is 0 Å². The molecule has 1 N–H and O–H groups in total. The minimum absolute atomic E-state index is 0.319. The first-order valence-electron chi connectivity index (χ1n) is 5.77. The maximum atomic E-state index is 9.17. The van der Waals surface area contributed by atoms with Crippen molar-refractivity contribution in [2.24, 2.45) is 0 Å². The number of nitrogens with one attached hydrogen (secondary N) is 1. The Balaban J connectivity index is 2.26. The zero-order valence-electron chi connectivity index (χ0n) is 10.6. The molecule has 0 aliphatic heterocycles. The average Bonchev–Trinajstić information content (AvgIpc) is 2.76. The van der Waals surface area contributed by atoms with Crippen LogP contribution in [0.3, 0.4) is 0 Å². The Labute approximate surface area is 107 Å². The van der Waals surface area contributed by atoms with E-state index in [4.69, 9.17) is 9.68 Å². The molecule has 1 unspecified atom stereocenters. The zero-order valence-corrected chi connectivity index (χ0v) is 11.4. The summed E-state index contributed by atoms with van der Waals surface area (Å²) in [5.41, 5.74) is -0.439. The van der Waals surface area contributed by atoms with Crippen LogP contribution in [0, 0.1) is 11.3 Å². The maximum Gasteiger partial charge on any atom is 0.255 e. The Hall–Kier alpha value is -0.990. The van der Waals surface area contributed by atoms with E-state index in [1.54, 1.807) is 24.2 Å². The highest BCUT2D eigenvalue weighted by Gasteiger charge is 2.23. The van der Waals surface area contributed by atoms with Gasteiger partial charge in [0.2, 0.25) is 0 Å². The van der Waals surface area contributed by atoms with Crippen LogP contribution >= 0.6 is 11.8 Å². The lowest BCUT2D eigenvalue weighted by molar-refractivity contribution is 0.379. The molecule has 1 aromatic rings. The Kier molecular flexibility index (Phi) is 5.52. The van der Waals surface area contributed by atoms with Crippen LogP contribution in [0.5, 0.6) is 0 Å². The van der Waals surface area contributed by atoms with Crippen molar-refractivity contribution in [1.82, 2.24) is 10.3 Å². The fourth-order valence-electron chi connectivity index (χ4n) is 1.66. The molecule has 0 saturated heterocycles.